The zero-order valence-corrected chi connectivity index (χ0v) is 11.4. The molecule has 0 aliphatic heterocycles. The first kappa shape index (κ1) is 13.9. The molecular weight excluding hydrogens is 321 g/mol. The highest BCUT2D eigenvalue weighted by atomic mass is 79.9. The standard InChI is InChI=1S/C14H10BrF3O/c15-7-10-3-11(16)6-12(4-10)19-8-9-1-2-13(17)14(18)5-9/h1-6H,7-8H2. The van der Waals surface area contributed by atoms with Crippen molar-refractivity contribution in [2.24, 2.45) is 0 Å². The summed E-state index contributed by atoms with van der Waals surface area (Å²) < 4.78 is 44.3. The second-order valence-electron chi connectivity index (χ2n) is 3.97. The average Bonchev–Trinajstić information content (AvgIpc) is 2.39. The van der Waals surface area contributed by atoms with Crippen LogP contribution >= 0.6 is 15.9 Å². The molecule has 0 atom stereocenters. The molecule has 0 unspecified atom stereocenters. The molecule has 0 N–H and O–H groups in total. The van der Waals surface area contributed by atoms with Crippen molar-refractivity contribution in [2.75, 3.05) is 0 Å². The van der Waals surface area contributed by atoms with Crippen LogP contribution in [0.5, 0.6) is 5.75 Å². The molecule has 0 aliphatic rings. The van der Waals surface area contributed by atoms with Crippen LogP contribution in [0.15, 0.2) is 36.4 Å². The summed E-state index contributed by atoms with van der Waals surface area (Å²) in [7, 11) is 0. The van der Waals surface area contributed by atoms with Gasteiger partial charge in [-0.05, 0) is 35.4 Å². The van der Waals surface area contributed by atoms with Crippen LogP contribution in [0.2, 0.25) is 0 Å². The number of ether oxygens (including phenoxy) is 1. The Morgan fingerprint density at radius 1 is 0.895 bits per heavy atom. The van der Waals surface area contributed by atoms with Crippen LogP contribution in [-0.2, 0) is 11.9 Å². The average molecular weight is 331 g/mol. The van der Waals surface area contributed by atoms with E-state index >= 15 is 0 Å². The first-order valence-electron chi connectivity index (χ1n) is 5.50. The van der Waals surface area contributed by atoms with Crippen molar-refractivity contribution in [3.8, 4) is 5.75 Å². The maximum absolute atomic E-state index is 13.2. The van der Waals surface area contributed by atoms with Gasteiger partial charge in [0.1, 0.15) is 18.2 Å². The Balaban J connectivity index is 2.09. The van der Waals surface area contributed by atoms with Crippen LogP contribution in [-0.4, -0.2) is 0 Å². The third-order valence-electron chi connectivity index (χ3n) is 2.47. The van der Waals surface area contributed by atoms with Gasteiger partial charge in [-0.2, -0.15) is 0 Å². The Bertz CT molecular complexity index is 587. The molecule has 0 fully saturated rings. The summed E-state index contributed by atoms with van der Waals surface area (Å²) in [6.45, 7) is 0.0440. The fourth-order valence-electron chi connectivity index (χ4n) is 1.58. The number of benzene rings is 2. The highest BCUT2D eigenvalue weighted by Gasteiger charge is 2.05. The molecule has 0 heterocycles. The molecule has 0 amide bonds. The minimum atomic E-state index is -0.929. The summed E-state index contributed by atoms with van der Waals surface area (Å²) in [6, 6.07) is 7.82. The lowest BCUT2D eigenvalue weighted by molar-refractivity contribution is 0.303. The molecule has 0 saturated carbocycles. The summed E-state index contributed by atoms with van der Waals surface area (Å²) >= 11 is 3.23. The first-order chi connectivity index (χ1) is 9.08. The van der Waals surface area contributed by atoms with Crippen molar-refractivity contribution in [3.05, 3.63) is 65.0 Å². The van der Waals surface area contributed by atoms with Gasteiger partial charge in [0, 0.05) is 11.4 Å². The molecule has 0 spiro atoms. The third kappa shape index (κ3) is 3.73. The zero-order valence-electron chi connectivity index (χ0n) is 9.80. The molecular formula is C14H10BrF3O. The number of rotatable bonds is 4. The Labute approximate surface area is 117 Å². The molecule has 2 rings (SSSR count). The van der Waals surface area contributed by atoms with E-state index in [1.54, 1.807) is 6.07 Å². The minimum absolute atomic E-state index is 0.0440. The molecule has 100 valence electrons. The monoisotopic (exact) mass is 330 g/mol. The lowest BCUT2D eigenvalue weighted by Gasteiger charge is -2.08. The fraction of sp³-hybridized carbons (Fsp3) is 0.143. The van der Waals surface area contributed by atoms with Crippen LogP contribution in [0.1, 0.15) is 11.1 Å². The van der Waals surface area contributed by atoms with Gasteiger partial charge in [-0.1, -0.05) is 22.0 Å². The van der Waals surface area contributed by atoms with Gasteiger partial charge < -0.3 is 4.74 Å². The predicted molar refractivity (Wildman–Crippen MR) is 69.7 cm³/mol. The van der Waals surface area contributed by atoms with E-state index in [0.717, 1.165) is 17.7 Å². The largest absolute Gasteiger partial charge is 0.489 e. The van der Waals surface area contributed by atoms with E-state index in [1.807, 2.05) is 0 Å². The van der Waals surface area contributed by atoms with Crippen molar-refractivity contribution >= 4 is 15.9 Å². The van der Waals surface area contributed by atoms with Crippen molar-refractivity contribution in [3.63, 3.8) is 0 Å². The smallest absolute Gasteiger partial charge is 0.159 e. The van der Waals surface area contributed by atoms with Gasteiger partial charge in [-0.25, -0.2) is 13.2 Å². The lowest BCUT2D eigenvalue weighted by atomic mass is 10.2. The molecule has 0 bridgehead atoms. The summed E-state index contributed by atoms with van der Waals surface area (Å²) in [4.78, 5) is 0. The quantitative estimate of drug-likeness (QED) is 0.746. The van der Waals surface area contributed by atoms with Crippen LogP contribution < -0.4 is 4.74 Å². The molecule has 0 aromatic heterocycles. The van der Waals surface area contributed by atoms with Gasteiger partial charge in [-0.3, -0.25) is 0 Å². The highest BCUT2D eigenvalue weighted by Crippen LogP contribution is 2.20. The fourth-order valence-corrected chi connectivity index (χ4v) is 1.90. The van der Waals surface area contributed by atoms with Gasteiger partial charge in [0.2, 0.25) is 0 Å². The Hall–Kier alpha value is -1.49. The Kier molecular flexibility index (Phi) is 4.47. The van der Waals surface area contributed by atoms with Crippen LogP contribution in [0.25, 0.3) is 0 Å². The SMILES string of the molecule is Fc1cc(CBr)cc(OCc2ccc(F)c(F)c2)c1. The van der Waals surface area contributed by atoms with E-state index < -0.39 is 17.5 Å². The first-order valence-corrected chi connectivity index (χ1v) is 6.63. The second-order valence-corrected chi connectivity index (χ2v) is 4.53. The molecule has 5 heteroatoms. The van der Waals surface area contributed by atoms with Crippen molar-refractivity contribution in [1.29, 1.82) is 0 Å². The van der Waals surface area contributed by atoms with E-state index in [1.165, 1.54) is 18.2 Å². The molecule has 0 aliphatic carbocycles. The maximum Gasteiger partial charge on any atom is 0.159 e. The van der Waals surface area contributed by atoms with Gasteiger partial charge in [0.15, 0.2) is 11.6 Å². The van der Waals surface area contributed by atoms with Crippen molar-refractivity contribution in [2.45, 2.75) is 11.9 Å². The Morgan fingerprint density at radius 3 is 2.37 bits per heavy atom. The predicted octanol–water partition coefficient (Wildman–Crippen LogP) is 4.58. The van der Waals surface area contributed by atoms with E-state index in [2.05, 4.69) is 15.9 Å². The molecule has 19 heavy (non-hydrogen) atoms. The van der Waals surface area contributed by atoms with Gasteiger partial charge in [0.25, 0.3) is 0 Å². The van der Waals surface area contributed by atoms with E-state index in [-0.39, 0.29) is 6.61 Å². The number of halogens is 4. The van der Waals surface area contributed by atoms with E-state index in [4.69, 9.17) is 4.74 Å². The molecule has 0 radical (unpaired) electrons. The number of hydrogen-bond acceptors (Lipinski definition) is 1. The van der Waals surface area contributed by atoms with Gasteiger partial charge in [-0.15, -0.1) is 0 Å². The molecule has 2 aromatic rings. The minimum Gasteiger partial charge on any atom is -0.489 e. The lowest BCUT2D eigenvalue weighted by Crippen LogP contribution is -1.98. The zero-order chi connectivity index (χ0) is 13.8. The summed E-state index contributed by atoms with van der Waals surface area (Å²) in [6.07, 6.45) is 0. The van der Waals surface area contributed by atoms with Crippen LogP contribution in [0.3, 0.4) is 0 Å². The molecule has 0 saturated heterocycles. The number of hydrogen-bond donors (Lipinski definition) is 0. The van der Waals surface area contributed by atoms with Gasteiger partial charge in [0.05, 0.1) is 0 Å². The molecule has 2 aromatic carbocycles. The van der Waals surface area contributed by atoms with E-state index in [9.17, 15) is 13.2 Å². The maximum atomic E-state index is 13.2. The summed E-state index contributed by atoms with van der Waals surface area (Å²) in [5.74, 6) is -1.89. The second kappa shape index (κ2) is 6.10. The van der Waals surface area contributed by atoms with Gasteiger partial charge >= 0.3 is 0 Å². The Morgan fingerprint density at radius 2 is 1.68 bits per heavy atom. The summed E-state index contributed by atoms with van der Waals surface area (Å²) in [5, 5.41) is 0.506. The number of alkyl halides is 1. The molecule has 1 nitrogen and oxygen atoms in total. The van der Waals surface area contributed by atoms with Crippen molar-refractivity contribution < 1.29 is 17.9 Å². The van der Waals surface area contributed by atoms with Crippen LogP contribution in [0, 0.1) is 17.5 Å². The van der Waals surface area contributed by atoms with E-state index in [0.29, 0.717) is 16.6 Å². The highest BCUT2D eigenvalue weighted by molar-refractivity contribution is 9.08. The van der Waals surface area contributed by atoms with Crippen molar-refractivity contribution in [1.82, 2.24) is 0 Å². The summed E-state index contributed by atoms with van der Waals surface area (Å²) in [5.41, 5.74) is 1.21. The normalized spacial score (nSPS) is 10.5. The topological polar surface area (TPSA) is 9.23 Å². The van der Waals surface area contributed by atoms with Crippen LogP contribution in [0.4, 0.5) is 13.2 Å². The third-order valence-corrected chi connectivity index (χ3v) is 3.12.